The maximum Gasteiger partial charge on any atom is 0.307 e. The van der Waals surface area contributed by atoms with Crippen molar-refractivity contribution in [2.24, 2.45) is 29.1 Å². The molecule has 0 bridgehead atoms. The fourth-order valence-electron chi connectivity index (χ4n) is 8.61. The molecule has 1 aromatic heterocycles. The molecular formula is C47H58N4O8. The van der Waals surface area contributed by atoms with E-state index >= 15 is 0 Å². The summed E-state index contributed by atoms with van der Waals surface area (Å²) in [6.45, 7) is 7.46. The standard InChI is InChI=1S/C47H58N4O8/c1-5-14-33(42(55)41(54)26-35(46(58)59)23-30-15-8-6-9-16-30)25-40(53)38-24-32-19-12-13-20-34(32)29-51(38)45(57)43(47(2,3)4)50-44(56)36(31-17-10-7-11-18-31)27-39(52)37-28-48-21-22-49-37/h6,8-9,12-13,15-16,19-22,28,31,33,35-36,38,43H,5,7,10-11,14,17-18,23-27,29H2,1-4H3,(H,50,56)(H,58,59)/t33-,35?,36+,38-,43+/m0/s1. The minimum Gasteiger partial charge on any atom is -0.481 e. The van der Waals surface area contributed by atoms with Gasteiger partial charge in [-0.15, -0.1) is 0 Å². The normalized spacial score (nSPS) is 17.8. The summed E-state index contributed by atoms with van der Waals surface area (Å²) >= 11 is 0. The summed E-state index contributed by atoms with van der Waals surface area (Å²) in [5.41, 5.74) is 1.83. The lowest BCUT2D eigenvalue weighted by Gasteiger charge is -2.42. The van der Waals surface area contributed by atoms with Crippen molar-refractivity contribution in [3.63, 3.8) is 0 Å². The van der Waals surface area contributed by atoms with Crippen molar-refractivity contribution in [1.82, 2.24) is 20.2 Å². The van der Waals surface area contributed by atoms with E-state index < -0.39 is 71.0 Å². The Morgan fingerprint density at radius 1 is 0.847 bits per heavy atom. The molecule has 2 aromatic carbocycles. The van der Waals surface area contributed by atoms with Gasteiger partial charge in [-0.3, -0.25) is 38.5 Å². The second-order valence-corrected chi connectivity index (χ2v) is 17.4. The van der Waals surface area contributed by atoms with Crippen LogP contribution in [-0.2, 0) is 48.2 Å². The number of carbonyl (C=O) groups is 7. The summed E-state index contributed by atoms with van der Waals surface area (Å²) in [5, 5.41) is 13.0. The smallest absolute Gasteiger partial charge is 0.307 e. The molecule has 12 nitrogen and oxygen atoms in total. The summed E-state index contributed by atoms with van der Waals surface area (Å²) in [4.78, 5) is 106. The second-order valence-electron chi connectivity index (χ2n) is 17.4. The van der Waals surface area contributed by atoms with E-state index in [4.69, 9.17) is 0 Å². The molecule has 3 aromatic rings. The zero-order valence-corrected chi connectivity index (χ0v) is 34.7. The van der Waals surface area contributed by atoms with Crippen LogP contribution in [0.3, 0.4) is 0 Å². The highest BCUT2D eigenvalue weighted by molar-refractivity contribution is 6.38. The molecule has 314 valence electrons. The Bertz CT molecular complexity index is 1970. The number of aliphatic carboxylic acids is 1. The Kier molecular flexibility index (Phi) is 15.6. The van der Waals surface area contributed by atoms with Crippen molar-refractivity contribution in [2.75, 3.05) is 0 Å². The zero-order chi connectivity index (χ0) is 42.7. The summed E-state index contributed by atoms with van der Waals surface area (Å²) in [7, 11) is 0. The average molecular weight is 807 g/mol. The Balaban J connectivity index is 1.38. The van der Waals surface area contributed by atoms with Crippen molar-refractivity contribution < 1.29 is 38.7 Å². The number of ketones is 4. The zero-order valence-electron chi connectivity index (χ0n) is 34.7. The number of nitrogens with zero attached hydrogens (tertiary/aromatic N) is 3. The van der Waals surface area contributed by atoms with Gasteiger partial charge in [0.05, 0.1) is 18.2 Å². The number of aromatic nitrogens is 2. The number of amides is 2. The lowest BCUT2D eigenvalue weighted by atomic mass is 9.76. The van der Waals surface area contributed by atoms with Gasteiger partial charge >= 0.3 is 5.97 Å². The number of hydrogen-bond donors (Lipinski definition) is 2. The van der Waals surface area contributed by atoms with E-state index in [0.717, 1.165) is 48.8 Å². The second kappa shape index (κ2) is 20.5. The van der Waals surface area contributed by atoms with Crippen LogP contribution < -0.4 is 5.32 Å². The van der Waals surface area contributed by atoms with Crippen LogP contribution in [0.15, 0.2) is 73.2 Å². The molecule has 1 fully saturated rings. The van der Waals surface area contributed by atoms with Gasteiger partial charge in [0.15, 0.2) is 17.3 Å². The molecular weight excluding hydrogens is 749 g/mol. The van der Waals surface area contributed by atoms with E-state index in [1.807, 2.05) is 52.0 Å². The van der Waals surface area contributed by atoms with Gasteiger partial charge in [0.2, 0.25) is 17.6 Å². The predicted molar refractivity (Wildman–Crippen MR) is 221 cm³/mol. The molecule has 1 aliphatic heterocycles. The van der Waals surface area contributed by atoms with Gasteiger partial charge in [0, 0.05) is 56.5 Å². The van der Waals surface area contributed by atoms with Crippen molar-refractivity contribution in [1.29, 1.82) is 0 Å². The molecule has 59 heavy (non-hydrogen) atoms. The Morgan fingerprint density at radius 2 is 1.53 bits per heavy atom. The van der Waals surface area contributed by atoms with Crippen molar-refractivity contribution in [3.05, 3.63) is 95.6 Å². The molecule has 1 aliphatic carbocycles. The summed E-state index contributed by atoms with van der Waals surface area (Å²) in [6.07, 6.45) is 8.92. The molecule has 0 saturated heterocycles. The number of hydrogen-bond acceptors (Lipinski definition) is 9. The van der Waals surface area contributed by atoms with Gasteiger partial charge in [-0.1, -0.05) is 108 Å². The van der Waals surface area contributed by atoms with Gasteiger partial charge in [0.25, 0.3) is 0 Å². The molecule has 2 heterocycles. The van der Waals surface area contributed by atoms with Crippen LogP contribution in [-0.4, -0.2) is 73.0 Å². The first-order chi connectivity index (χ1) is 28.2. The first kappa shape index (κ1) is 44.7. The van der Waals surface area contributed by atoms with E-state index in [9.17, 15) is 38.7 Å². The lowest BCUT2D eigenvalue weighted by Crippen LogP contribution is -2.60. The molecule has 1 saturated carbocycles. The SMILES string of the molecule is CCC[C@@H](CC(=O)[C@@H]1Cc2ccccc2CN1C(=O)[C@@H](NC(=O)[C@H](CC(=O)c1cnccn1)C1CCCCC1)C(C)(C)C)C(=O)C(=O)CC(Cc1ccccc1)C(=O)O. The fraction of sp³-hybridized carbons (Fsp3) is 0.511. The Labute approximate surface area is 347 Å². The molecule has 5 rings (SSSR count). The number of fused-ring (bicyclic) bond motifs is 1. The lowest BCUT2D eigenvalue weighted by molar-refractivity contribution is -0.148. The van der Waals surface area contributed by atoms with Crippen molar-refractivity contribution >= 4 is 40.9 Å². The molecule has 12 heteroatoms. The maximum atomic E-state index is 14.9. The number of carboxylic acid groups (broad SMARTS) is 1. The summed E-state index contributed by atoms with van der Waals surface area (Å²) < 4.78 is 0. The predicted octanol–water partition coefficient (Wildman–Crippen LogP) is 6.58. The van der Waals surface area contributed by atoms with E-state index in [2.05, 4.69) is 15.3 Å². The number of benzene rings is 2. The van der Waals surface area contributed by atoms with Crippen LogP contribution in [0.5, 0.6) is 0 Å². The number of rotatable bonds is 19. The van der Waals surface area contributed by atoms with E-state index in [-0.39, 0.29) is 61.8 Å². The summed E-state index contributed by atoms with van der Waals surface area (Å²) in [5.74, 6) is -7.20. The largest absolute Gasteiger partial charge is 0.481 e. The number of Topliss-reactive ketones (excluding diaryl/α,β-unsaturated/α-hetero) is 4. The first-order valence-corrected chi connectivity index (χ1v) is 21.0. The van der Waals surface area contributed by atoms with Crippen LogP contribution in [0, 0.1) is 29.1 Å². The number of nitrogens with one attached hydrogen (secondary N) is 1. The molecule has 0 radical (unpaired) electrons. The highest BCUT2D eigenvalue weighted by atomic mass is 16.4. The molecule has 1 unspecified atom stereocenters. The van der Waals surface area contributed by atoms with Gasteiger partial charge in [0.1, 0.15) is 11.7 Å². The van der Waals surface area contributed by atoms with Crippen molar-refractivity contribution in [2.45, 2.75) is 123 Å². The van der Waals surface area contributed by atoms with Gasteiger partial charge in [-0.25, -0.2) is 4.98 Å². The van der Waals surface area contributed by atoms with E-state index in [1.165, 1.54) is 23.5 Å². The van der Waals surface area contributed by atoms with Crippen LogP contribution in [0.25, 0.3) is 0 Å². The quantitative estimate of drug-likeness (QED) is 0.0993. The van der Waals surface area contributed by atoms with Crippen LogP contribution in [0.2, 0.25) is 0 Å². The maximum absolute atomic E-state index is 14.9. The van der Waals surface area contributed by atoms with E-state index in [0.29, 0.717) is 6.42 Å². The Hall–Kier alpha value is -5.39. The third kappa shape index (κ3) is 11.9. The minimum atomic E-state index is -1.18. The topological polar surface area (TPSA) is 181 Å². The monoisotopic (exact) mass is 806 g/mol. The molecule has 0 spiro atoms. The van der Waals surface area contributed by atoms with Crippen molar-refractivity contribution in [3.8, 4) is 0 Å². The fourth-order valence-corrected chi connectivity index (χ4v) is 8.61. The third-order valence-corrected chi connectivity index (χ3v) is 11.9. The number of carbonyl (C=O) groups excluding carboxylic acids is 6. The average Bonchev–Trinajstić information content (AvgIpc) is 3.23. The third-order valence-electron chi connectivity index (χ3n) is 11.9. The van der Waals surface area contributed by atoms with E-state index in [1.54, 1.807) is 30.3 Å². The Morgan fingerprint density at radius 3 is 2.15 bits per heavy atom. The highest BCUT2D eigenvalue weighted by Crippen LogP contribution is 2.35. The van der Waals surface area contributed by atoms with Crippen LogP contribution in [0.1, 0.15) is 119 Å². The first-order valence-electron chi connectivity index (χ1n) is 21.0. The molecule has 2 N–H and O–H groups in total. The summed E-state index contributed by atoms with van der Waals surface area (Å²) in [6, 6.07) is 14.4. The van der Waals surface area contributed by atoms with Crippen LogP contribution >= 0.6 is 0 Å². The molecule has 2 aliphatic rings. The molecule has 5 atom stereocenters. The minimum absolute atomic E-state index is 0.0591. The van der Waals surface area contributed by atoms with Gasteiger partial charge in [-0.05, 0) is 53.7 Å². The number of carboxylic acids is 1. The highest BCUT2D eigenvalue weighted by Gasteiger charge is 2.44. The van der Waals surface area contributed by atoms with Gasteiger partial charge in [-0.2, -0.15) is 0 Å². The molecule has 2 amide bonds. The van der Waals surface area contributed by atoms with Crippen LogP contribution in [0.4, 0.5) is 0 Å². The van der Waals surface area contributed by atoms with Gasteiger partial charge < -0.3 is 15.3 Å².